The number of ether oxygens (including phenoxy) is 1. The number of halogens is 1. The molecule has 8 heteroatoms. The number of fused-ring (bicyclic) bond motifs is 1. The quantitative estimate of drug-likeness (QED) is 0.648. The highest BCUT2D eigenvalue weighted by Crippen LogP contribution is 2.23. The molecule has 0 fully saturated rings. The highest BCUT2D eigenvalue weighted by molar-refractivity contribution is 7.86. The third-order valence-corrected chi connectivity index (χ3v) is 4.85. The molecule has 1 amide bonds. The minimum Gasteiger partial charge on any atom is -0.497 e. The van der Waals surface area contributed by atoms with E-state index in [0.29, 0.717) is 13.0 Å². The smallest absolute Gasteiger partial charge is 0.332 e. The van der Waals surface area contributed by atoms with Crippen molar-refractivity contribution in [2.24, 2.45) is 0 Å². The van der Waals surface area contributed by atoms with Crippen LogP contribution in [0.2, 0.25) is 0 Å². The van der Waals surface area contributed by atoms with Crippen molar-refractivity contribution in [1.29, 1.82) is 0 Å². The van der Waals surface area contributed by atoms with E-state index in [1.165, 1.54) is 12.1 Å². The molecule has 3 rings (SSSR count). The average Bonchev–Trinajstić information content (AvgIpc) is 3.03. The van der Waals surface area contributed by atoms with Crippen LogP contribution in [0.15, 0.2) is 53.6 Å². The van der Waals surface area contributed by atoms with Crippen molar-refractivity contribution in [1.82, 2.24) is 10.3 Å². The molecule has 0 radical (unpaired) electrons. The van der Waals surface area contributed by atoms with Crippen molar-refractivity contribution in [2.45, 2.75) is 11.3 Å². The molecule has 26 heavy (non-hydrogen) atoms. The van der Waals surface area contributed by atoms with Crippen LogP contribution in [0.25, 0.3) is 10.9 Å². The number of rotatable bonds is 6. The van der Waals surface area contributed by atoms with E-state index in [0.717, 1.165) is 34.3 Å². The SMILES string of the molecule is COc1ccc2[nH]cc(CCNC(=O)c3cccc(S(=O)(=O)F)c3)c2c1. The van der Waals surface area contributed by atoms with E-state index in [-0.39, 0.29) is 5.56 Å². The number of H-pyrrole nitrogens is 1. The molecular weight excluding hydrogens is 359 g/mol. The number of aromatic amines is 1. The van der Waals surface area contributed by atoms with Gasteiger partial charge in [0, 0.05) is 29.2 Å². The van der Waals surface area contributed by atoms with Crippen molar-refractivity contribution < 1.29 is 21.8 Å². The van der Waals surface area contributed by atoms with Crippen LogP contribution in [-0.2, 0) is 16.6 Å². The van der Waals surface area contributed by atoms with Crippen LogP contribution in [0.1, 0.15) is 15.9 Å². The predicted molar refractivity (Wildman–Crippen MR) is 95.6 cm³/mol. The zero-order chi connectivity index (χ0) is 18.7. The van der Waals surface area contributed by atoms with E-state index in [9.17, 15) is 17.1 Å². The third kappa shape index (κ3) is 3.85. The van der Waals surface area contributed by atoms with Crippen molar-refractivity contribution in [3.63, 3.8) is 0 Å². The number of hydrogen-bond donors (Lipinski definition) is 2. The molecule has 0 bridgehead atoms. The number of aromatic nitrogens is 1. The fourth-order valence-corrected chi connectivity index (χ4v) is 3.20. The molecular formula is C18H17FN2O4S. The van der Waals surface area contributed by atoms with Crippen molar-refractivity contribution in [3.8, 4) is 5.75 Å². The molecule has 136 valence electrons. The molecule has 2 aromatic carbocycles. The molecule has 0 saturated heterocycles. The Morgan fingerprint density at radius 3 is 2.77 bits per heavy atom. The minimum absolute atomic E-state index is 0.0873. The van der Waals surface area contributed by atoms with Crippen molar-refractivity contribution >= 4 is 27.0 Å². The van der Waals surface area contributed by atoms with Gasteiger partial charge in [-0.1, -0.05) is 6.07 Å². The van der Waals surface area contributed by atoms with E-state index >= 15 is 0 Å². The number of methoxy groups -OCH3 is 1. The molecule has 2 N–H and O–H groups in total. The first kappa shape index (κ1) is 17.9. The molecule has 0 atom stereocenters. The molecule has 0 spiro atoms. The van der Waals surface area contributed by atoms with E-state index in [4.69, 9.17) is 4.74 Å². The van der Waals surface area contributed by atoms with Crippen molar-refractivity contribution in [2.75, 3.05) is 13.7 Å². The van der Waals surface area contributed by atoms with Gasteiger partial charge in [-0.3, -0.25) is 4.79 Å². The first-order valence-corrected chi connectivity index (χ1v) is 9.24. The summed E-state index contributed by atoms with van der Waals surface area (Å²) in [6, 6.07) is 10.6. The fraction of sp³-hybridized carbons (Fsp3) is 0.167. The maximum Gasteiger partial charge on any atom is 0.332 e. The van der Waals surface area contributed by atoms with Gasteiger partial charge in [0.1, 0.15) is 5.75 Å². The number of hydrogen-bond acceptors (Lipinski definition) is 4. The summed E-state index contributed by atoms with van der Waals surface area (Å²) in [5, 5.41) is 3.71. The summed E-state index contributed by atoms with van der Waals surface area (Å²) in [5.74, 6) is 0.277. The van der Waals surface area contributed by atoms with Gasteiger partial charge >= 0.3 is 10.2 Å². The van der Waals surface area contributed by atoms with Crippen LogP contribution >= 0.6 is 0 Å². The number of carbonyl (C=O) groups is 1. The third-order valence-electron chi connectivity index (χ3n) is 4.03. The van der Waals surface area contributed by atoms with E-state index in [2.05, 4.69) is 10.3 Å². The second-order valence-electron chi connectivity index (χ2n) is 5.70. The van der Waals surface area contributed by atoms with Gasteiger partial charge in [0.15, 0.2) is 0 Å². The van der Waals surface area contributed by atoms with Crippen LogP contribution in [0.4, 0.5) is 3.89 Å². The van der Waals surface area contributed by atoms with Crippen LogP contribution in [0.5, 0.6) is 5.75 Å². The number of amides is 1. The monoisotopic (exact) mass is 376 g/mol. The zero-order valence-corrected chi connectivity index (χ0v) is 14.8. The van der Waals surface area contributed by atoms with Gasteiger partial charge in [-0.15, -0.1) is 3.89 Å². The Bertz CT molecular complexity index is 1060. The summed E-state index contributed by atoms with van der Waals surface area (Å²) >= 11 is 0. The van der Waals surface area contributed by atoms with Gasteiger partial charge in [-0.2, -0.15) is 8.42 Å². The average molecular weight is 376 g/mol. The topological polar surface area (TPSA) is 88.3 Å². The van der Waals surface area contributed by atoms with E-state index in [1.807, 2.05) is 24.4 Å². The summed E-state index contributed by atoms with van der Waals surface area (Å²) in [6.45, 7) is 0.343. The van der Waals surface area contributed by atoms with Crippen LogP contribution in [0.3, 0.4) is 0 Å². The second kappa shape index (κ2) is 7.17. The number of nitrogens with one attached hydrogen (secondary N) is 2. The molecule has 0 unspecified atom stereocenters. The lowest BCUT2D eigenvalue weighted by Crippen LogP contribution is -2.25. The maximum atomic E-state index is 13.0. The lowest BCUT2D eigenvalue weighted by atomic mass is 10.1. The van der Waals surface area contributed by atoms with Gasteiger partial charge in [0.05, 0.1) is 12.0 Å². The lowest BCUT2D eigenvalue weighted by molar-refractivity contribution is 0.0954. The van der Waals surface area contributed by atoms with E-state index < -0.39 is 21.0 Å². The van der Waals surface area contributed by atoms with E-state index in [1.54, 1.807) is 7.11 Å². The summed E-state index contributed by atoms with van der Waals surface area (Å²) in [4.78, 5) is 14.8. The standard InChI is InChI=1S/C18H17FN2O4S/c1-25-14-5-6-17-16(10-14)13(11-21-17)7-8-20-18(22)12-3-2-4-15(9-12)26(19,23)24/h2-6,9-11,21H,7-8H2,1H3,(H,20,22). The minimum atomic E-state index is -4.84. The molecule has 0 aliphatic heterocycles. The Balaban J connectivity index is 1.68. The zero-order valence-electron chi connectivity index (χ0n) is 14.0. The first-order valence-electron chi connectivity index (χ1n) is 7.85. The number of carbonyl (C=O) groups excluding carboxylic acids is 1. The molecule has 3 aromatic rings. The molecule has 1 heterocycles. The van der Waals surface area contributed by atoms with Gasteiger partial charge in [0.2, 0.25) is 0 Å². The molecule has 0 saturated carbocycles. The van der Waals surface area contributed by atoms with Crippen LogP contribution in [0, 0.1) is 0 Å². The summed E-state index contributed by atoms with van der Waals surface area (Å²) < 4.78 is 40.1. The normalized spacial score (nSPS) is 11.5. The van der Waals surface area contributed by atoms with Gasteiger partial charge in [0.25, 0.3) is 5.91 Å². The first-order chi connectivity index (χ1) is 12.4. The Hall–Kier alpha value is -2.87. The largest absolute Gasteiger partial charge is 0.497 e. The Morgan fingerprint density at radius 1 is 1.23 bits per heavy atom. The van der Waals surface area contributed by atoms with Crippen LogP contribution in [-0.4, -0.2) is 33.0 Å². The lowest BCUT2D eigenvalue weighted by Gasteiger charge is -2.06. The second-order valence-corrected chi connectivity index (χ2v) is 7.04. The molecule has 6 nitrogen and oxygen atoms in total. The highest BCUT2D eigenvalue weighted by Gasteiger charge is 2.14. The highest BCUT2D eigenvalue weighted by atomic mass is 32.3. The summed E-state index contributed by atoms with van der Waals surface area (Å²) in [6.07, 6.45) is 2.44. The predicted octanol–water partition coefficient (Wildman–Crippen LogP) is 2.81. The van der Waals surface area contributed by atoms with Crippen molar-refractivity contribution in [3.05, 3.63) is 59.8 Å². The number of benzene rings is 2. The Labute approximate surface area is 150 Å². The molecule has 1 aromatic heterocycles. The maximum absolute atomic E-state index is 13.0. The fourth-order valence-electron chi connectivity index (χ4n) is 2.69. The van der Waals surface area contributed by atoms with Gasteiger partial charge in [-0.25, -0.2) is 0 Å². The van der Waals surface area contributed by atoms with Crippen LogP contribution < -0.4 is 10.1 Å². The molecule has 0 aliphatic carbocycles. The Morgan fingerprint density at radius 2 is 2.04 bits per heavy atom. The molecule has 0 aliphatic rings. The van der Waals surface area contributed by atoms with Gasteiger partial charge in [-0.05, 0) is 48.4 Å². The summed E-state index contributed by atoms with van der Waals surface area (Å²) in [5.41, 5.74) is 2.07. The van der Waals surface area contributed by atoms with Gasteiger partial charge < -0.3 is 15.0 Å². The Kier molecular flexibility index (Phi) is 4.94. The summed E-state index contributed by atoms with van der Waals surface area (Å²) in [7, 11) is -3.25.